The quantitative estimate of drug-likeness (QED) is 0.629. The Bertz CT molecular complexity index is 168. The predicted octanol–water partition coefficient (Wildman–Crippen LogP) is 1.47. The Kier molecular flexibility index (Phi) is 5.80. The first-order valence-electron chi connectivity index (χ1n) is 3.85. The van der Waals surface area contributed by atoms with Crippen molar-refractivity contribution in [2.45, 2.75) is 20.3 Å². The van der Waals surface area contributed by atoms with Crippen molar-refractivity contribution in [2.24, 2.45) is 5.92 Å². The number of hydrogen-bond donors (Lipinski definition) is 0. The Morgan fingerprint density at radius 3 is 2.50 bits per heavy atom. The van der Waals surface area contributed by atoms with E-state index in [2.05, 4.69) is 4.74 Å². The molecule has 1 unspecified atom stereocenters. The van der Waals surface area contributed by atoms with Crippen molar-refractivity contribution >= 4 is 22.8 Å². The molecule has 70 valence electrons. The molecular formula is C8H14O3S. The Morgan fingerprint density at radius 1 is 1.50 bits per heavy atom. The van der Waals surface area contributed by atoms with E-state index in [1.54, 1.807) is 13.8 Å². The molecule has 0 heterocycles. The Hall–Kier alpha value is -0.510. The van der Waals surface area contributed by atoms with Crippen LogP contribution in [0.4, 0.5) is 0 Å². The van der Waals surface area contributed by atoms with Crippen LogP contribution in [-0.2, 0) is 14.3 Å². The smallest absolute Gasteiger partial charge is 0.309 e. The lowest BCUT2D eigenvalue weighted by molar-refractivity contribution is -0.143. The fourth-order valence-electron chi connectivity index (χ4n) is 0.589. The summed E-state index contributed by atoms with van der Waals surface area (Å²) >= 11 is 1.19. The minimum absolute atomic E-state index is 0.116. The summed E-state index contributed by atoms with van der Waals surface area (Å²) in [7, 11) is 1.35. The molecule has 12 heavy (non-hydrogen) atoms. The van der Waals surface area contributed by atoms with Gasteiger partial charge >= 0.3 is 5.97 Å². The zero-order valence-corrected chi connectivity index (χ0v) is 8.44. The van der Waals surface area contributed by atoms with Gasteiger partial charge in [0.05, 0.1) is 13.0 Å². The van der Waals surface area contributed by atoms with Crippen LogP contribution in [0.15, 0.2) is 0 Å². The minimum Gasteiger partial charge on any atom is -0.469 e. The van der Waals surface area contributed by atoms with Gasteiger partial charge in [0.1, 0.15) is 0 Å². The Labute approximate surface area is 76.9 Å². The lowest BCUT2D eigenvalue weighted by Crippen LogP contribution is -2.15. The lowest BCUT2D eigenvalue weighted by Gasteiger charge is -2.06. The van der Waals surface area contributed by atoms with Crippen LogP contribution >= 0.6 is 11.8 Å². The van der Waals surface area contributed by atoms with Crippen LogP contribution in [0.1, 0.15) is 20.3 Å². The molecule has 0 radical (unpaired) electrons. The van der Waals surface area contributed by atoms with Gasteiger partial charge in [-0.25, -0.2) is 0 Å². The fraction of sp³-hybridized carbons (Fsp3) is 0.750. The van der Waals surface area contributed by atoms with Crippen LogP contribution < -0.4 is 0 Å². The number of rotatable bonds is 4. The van der Waals surface area contributed by atoms with Gasteiger partial charge < -0.3 is 4.74 Å². The number of thioether (sulfide) groups is 1. The molecule has 0 aliphatic heterocycles. The van der Waals surface area contributed by atoms with Crippen LogP contribution in [-0.4, -0.2) is 23.9 Å². The summed E-state index contributed by atoms with van der Waals surface area (Å²) in [6.07, 6.45) is 0.512. The summed E-state index contributed by atoms with van der Waals surface area (Å²) in [5, 5.41) is 0.116. The first-order valence-corrected chi connectivity index (χ1v) is 4.83. The zero-order valence-electron chi connectivity index (χ0n) is 7.62. The van der Waals surface area contributed by atoms with E-state index in [4.69, 9.17) is 0 Å². The maximum Gasteiger partial charge on any atom is 0.309 e. The van der Waals surface area contributed by atoms with E-state index in [1.807, 2.05) is 0 Å². The molecule has 1 atom stereocenters. The lowest BCUT2D eigenvalue weighted by atomic mass is 10.2. The highest BCUT2D eigenvalue weighted by atomic mass is 32.2. The van der Waals surface area contributed by atoms with Gasteiger partial charge in [0.25, 0.3) is 0 Å². The van der Waals surface area contributed by atoms with E-state index < -0.39 is 0 Å². The highest BCUT2D eigenvalue weighted by Gasteiger charge is 2.14. The van der Waals surface area contributed by atoms with Crippen molar-refractivity contribution < 1.29 is 14.3 Å². The molecule has 4 heteroatoms. The maximum atomic E-state index is 10.9. The van der Waals surface area contributed by atoms with Gasteiger partial charge in [-0.1, -0.05) is 25.6 Å². The SMILES string of the molecule is CCC(=O)SCC(C)C(=O)OC. The molecule has 0 aliphatic rings. The molecule has 0 aliphatic carbocycles. The highest BCUT2D eigenvalue weighted by molar-refractivity contribution is 8.13. The number of ether oxygens (including phenoxy) is 1. The third-order valence-corrected chi connectivity index (χ3v) is 2.66. The number of carbonyl (C=O) groups is 2. The van der Waals surface area contributed by atoms with Crippen LogP contribution in [0, 0.1) is 5.92 Å². The average Bonchev–Trinajstić information content (AvgIpc) is 2.11. The van der Waals surface area contributed by atoms with Crippen molar-refractivity contribution in [2.75, 3.05) is 12.9 Å². The highest BCUT2D eigenvalue weighted by Crippen LogP contribution is 2.11. The topological polar surface area (TPSA) is 43.4 Å². The standard InChI is InChI=1S/C8H14O3S/c1-4-7(9)12-5-6(2)8(10)11-3/h6H,4-5H2,1-3H3. The van der Waals surface area contributed by atoms with Gasteiger partial charge in [-0.15, -0.1) is 0 Å². The molecule has 0 amide bonds. The molecule has 0 N–H and O–H groups in total. The maximum absolute atomic E-state index is 10.9. The van der Waals surface area contributed by atoms with E-state index in [1.165, 1.54) is 18.9 Å². The summed E-state index contributed by atoms with van der Waals surface area (Å²) in [5.41, 5.74) is 0. The molecule has 0 bridgehead atoms. The summed E-state index contributed by atoms with van der Waals surface area (Å²) < 4.78 is 4.51. The summed E-state index contributed by atoms with van der Waals surface area (Å²) in [6, 6.07) is 0. The third-order valence-electron chi connectivity index (χ3n) is 1.39. The molecule has 0 aromatic rings. The summed E-state index contributed by atoms with van der Waals surface area (Å²) in [5.74, 6) is 0.0567. The second-order valence-corrected chi connectivity index (χ2v) is 3.54. The first kappa shape index (κ1) is 11.5. The van der Waals surface area contributed by atoms with Gasteiger partial charge in [0.15, 0.2) is 5.12 Å². The number of carbonyl (C=O) groups excluding carboxylic acids is 2. The van der Waals surface area contributed by atoms with Crippen molar-refractivity contribution in [3.63, 3.8) is 0 Å². The predicted molar refractivity (Wildman–Crippen MR) is 48.9 cm³/mol. The second kappa shape index (κ2) is 6.06. The molecule has 0 spiro atoms. The van der Waals surface area contributed by atoms with Crippen molar-refractivity contribution in [1.29, 1.82) is 0 Å². The van der Waals surface area contributed by atoms with Crippen LogP contribution in [0.2, 0.25) is 0 Å². The van der Waals surface area contributed by atoms with Gasteiger partial charge in [0, 0.05) is 12.2 Å². The van der Waals surface area contributed by atoms with Crippen molar-refractivity contribution in [3.8, 4) is 0 Å². The molecular weight excluding hydrogens is 176 g/mol. The molecule has 0 rings (SSSR count). The molecule has 0 aromatic heterocycles. The molecule has 0 saturated heterocycles. The summed E-state index contributed by atoms with van der Waals surface area (Å²) in [6.45, 7) is 3.56. The normalized spacial score (nSPS) is 12.2. The van der Waals surface area contributed by atoms with E-state index in [-0.39, 0.29) is 17.0 Å². The van der Waals surface area contributed by atoms with Gasteiger partial charge in [-0.3, -0.25) is 9.59 Å². The van der Waals surface area contributed by atoms with Gasteiger partial charge in [0.2, 0.25) is 0 Å². The molecule has 0 saturated carbocycles. The summed E-state index contributed by atoms with van der Waals surface area (Å²) in [4.78, 5) is 21.7. The largest absolute Gasteiger partial charge is 0.469 e. The number of methoxy groups -OCH3 is 1. The third kappa shape index (κ3) is 4.38. The van der Waals surface area contributed by atoms with Crippen molar-refractivity contribution in [3.05, 3.63) is 0 Å². The Morgan fingerprint density at radius 2 is 2.08 bits per heavy atom. The molecule has 3 nitrogen and oxygen atoms in total. The van der Waals surface area contributed by atoms with E-state index in [0.29, 0.717) is 12.2 Å². The van der Waals surface area contributed by atoms with Crippen molar-refractivity contribution in [1.82, 2.24) is 0 Å². The average molecular weight is 190 g/mol. The number of hydrogen-bond acceptors (Lipinski definition) is 4. The van der Waals surface area contributed by atoms with Gasteiger partial charge in [-0.05, 0) is 0 Å². The Balaban J connectivity index is 3.63. The zero-order chi connectivity index (χ0) is 9.56. The molecule has 0 fully saturated rings. The van der Waals surface area contributed by atoms with E-state index >= 15 is 0 Å². The monoisotopic (exact) mass is 190 g/mol. The van der Waals surface area contributed by atoms with Crippen LogP contribution in [0.3, 0.4) is 0 Å². The van der Waals surface area contributed by atoms with E-state index in [0.717, 1.165) is 0 Å². The molecule has 0 aromatic carbocycles. The van der Waals surface area contributed by atoms with Crippen LogP contribution in [0.25, 0.3) is 0 Å². The van der Waals surface area contributed by atoms with E-state index in [9.17, 15) is 9.59 Å². The second-order valence-electron chi connectivity index (χ2n) is 2.46. The number of esters is 1. The first-order chi connectivity index (χ1) is 5.61. The van der Waals surface area contributed by atoms with Crippen LogP contribution in [0.5, 0.6) is 0 Å². The van der Waals surface area contributed by atoms with Gasteiger partial charge in [-0.2, -0.15) is 0 Å². The minimum atomic E-state index is -0.258. The fourth-order valence-corrected chi connectivity index (χ4v) is 1.37.